The minimum atomic E-state index is -0.227. The first-order valence-electron chi connectivity index (χ1n) is 7.72. The quantitative estimate of drug-likeness (QED) is 0.678. The monoisotopic (exact) mass is 255 g/mol. The topological polar surface area (TPSA) is 52.5 Å². The maximum absolute atomic E-state index is 10.2. The van der Waals surface area contributed by atoms with E-state index in [-0.39, 0.29) is 24.3 Å². The van der Waals surface area contributed by atoms with Crippen molar-refractivity contribution in [3.63, 3.8) is 0 Å². The zero-order valence-electron chi connectivity index (χ0n) is 11.7. The number of hydrogen-bond acceptors (Lipinski definition) is 3. The van der Waals surface area contributed by atoms with Gasteiger partial charge in [0.05, 0.1) is 12.7 Å². The number of nitrogens with one attached hydrogen (secondary N) is 1. The minimum absolute atomic E-state index is 0.123. The van der Waals surface area contributed by atoms with E-state index in [0.29, 0.717) is 0 Å². The summed E-state index contributed by atoms with van der Waals surface area (Å²) in [6.07, 6.45) is 9.80. The number of hydrogen-bond donors (Lipinski definition) is 3. The summed E-state index contributed by atoms with van der Waals surface area (Å²) in [6, 6.07) is 0.188. The molecule has 0 heterocycles. The lowest BCUT2D eigenvalue weighted by molar-refractivity contribution is 0.0511. The van der Waals surface area contributed by atoms with Crippen molar-refractivity contribution in [2.45, 2.75) is 82.4 Å². The summed E-state index contributed by atoms with van der Waals surface area (Å²) < 4.78 is 0. The Morgan fingerprint density at radius 1 is 1.06 bits per heavy atom. The van der Waals surface area contributed by atoms with Crippen molar-refractivity contribution >= 4 is 0 Å². The second-order valence-electron chi connectivity index (χ2n) is 6.58. The van der Waals surface area contributed by atoms with Gasteiger partial charge in [0, 0.05) is 11.6 Å². The Morgan fingerprint density at radius 2 is 1.72 bits per heavy atom. The molecule has 0 aromatic heterocycles. The normalized spacial score (nSPS) is 42.5. The second-order valence-corrected chi connectivity index (χ2v) is 6.58. The summed E-state index contributed by atoms with van der Waals surface area (Å²) >= 11 is 0. The van der Waals surface area contributed by atoms with Crippen LogP contribution in [0.1, 0.15) is 64.7 Å². The summed E-state index contributed by atoms with van der Waals surface area (Å²) in [5.41, 5.74) is -0.123. The van der Waals surface area contributed by atoms with Crippen LogP contribution >= 0.6 is 0 Å². The van der Waals surface area contributed by atoms with Crippen LogP contribution in [-0.4, -0.2) is 34.5 Å². The fourth-order valence-corrected chi connectivity index (χ4v) is 3.51. The van der Waals surface area contributed by atoms with Crippen molar-refractivity contribution in [1.29, 1.82) is 0 Å². The van der Waals surface area contributed by atoms with E-state index >= 15 is 0 Å². The third kappa shape index (κ3) is 3.46. The highest BCUT2D eigenvalue weighted by Crippen LogP contribution is 2.33. The Balaban J connectivity index is 1.96. The predicted octanol–water partition coefficient (Wildman–Crippen LogP) is 2.21. The molecule has 18 heavy (non-hydrogen) atoms. The summed E-state index contributed by atoms with van der Waals surface area (Å²) in [7, 11) is 0. The molecule has 106 valence electrons. The highest BCUT2D eigenvalue weighted by Gasteiger charge is 2.37. The highest BCUT2D eigenvalue weighted by molar-refractivity contribution is 4.96. The third-order valence-electron chi connectivity index (χ3n) is 5.01. The molecule has 2 fully saturated rings. The molecule has 0 bridgehead atoms. The molecule has 3 N–H and O–H groups in total. The van der Waals surface area contributed by atoms with Crippen LogP contribution in [0.15, 0.2) is 0 Å². The Bertz CT molecular complexity index is 249. The van der Waals surface area contributed by atoms with Crippen LogP contribution in [-0.2, 0) is 0 Å². The predicted molar refractivity (Wildman–Crippen MR) is 73.5 cm³/mol. The SMILES string of the molecule is CC1CCC(CO)(NC2CCCCCC2O)CC1. The van der Waals surface area contributed by atoms with Crippen LogP contribution in [0.3, 0.4) is 0 Å². The molecule has 3 heteroatoms. The van der Waals surface area contributed by atoms with Gasteiger partial charge < -0.3 is 15.5 Å². The molecule has 0 aliphatic heterocycles. The maximum Gasteiger partial charge on any atom is 0.0693 e. The summed E-state index contributed by atoms with van der Waals surface area (Å²) in [5, 5.41) is 23.6. The van der Waals surface area contributed by atoms with E-state index in [2.05, 4.69) is 12.2 Å². The largest absolute Gasteiger partial charge is 0.394 e. The zero-order chi connectivity index (χ0) is 13.0. The average molecular weight is 255 g/mol. The van der Waals surface area contributed by atoms with Gasteiger partial charge in [-0.25, -0.2) is 0 Å². The van der Waals surface area contributed by atoms with Crippen LogP contribution < -0.4 is 5.32 Å². The van der Waals surface area contributed by atoms with E-state index in [1.165, 1.54) is 25.7 Å². The van der Waals surface area contributed by atoms with Crippen molar-refractivity contribution < 1.29 is 10.2 Å². The first-order chi connectivity index (χ1) is 8.65. The van der Waals surface area contributed by atoms with Crippen molar-refractivity contribution in [2.24, 2.45) is 5.92 Å². The molecule has 3 nitrogen and oxygen atoms in total. The van der Waals surface area contributed by atoms with Crippen molar-refractivity contribution in [2.75, 3.05) is 6.61 Å². The Morgan fingerprint density at radius 3 is 2.39 bits per heavy atom. The summed E-state index contributed by atoms with van der Waals surface area (Å²) in [6.45, 7) is 2.50. The highest BCUT2D eigenvalue weighted by atomic mass is 16.3. The van der Waals surface area contributed by atoms with E-state index in [1.54, 1.807) is 0 Å². The lowest BCUT2D eigenvalue weighted by Gasteiger charge is -2.42. The molecular weight excluding hydrogens is 226 g/mol. The van der Waals surface area contributed by atoms with Crippen molar-refractivity contribution in [1.82, 2.24) is 5.32 Å². The van der Waals surface area contributed by atoms with Gasteiger partial charge in [0.25, 0.3) is 0 Å². The first-order valence-corrected chi connectivity index (χ1v) is 7.72. The maximum atomic E-state index is 10.2. The molecule has 0 spiro atoms. The molecule has 0 radical (unpaired) electrons. The van der Waals surface area contributed by atoms with Gasteiger partial charge in [-0.15, -0.1) is 0 Å². The van der Waals surface area contributed by atoms with E-state index in [9.17, 15) is 10.2 Å². The first kappa shape index (κ1) is 14.3. The van der Waals surface area contributed by atoms with E-state index in [0.717, 1.165) is 38.0 Å². The average Bonchev–Trinajstić information content (AvgIpc) is 2.58. The van der Waals surface area contributed by atoms with Crippen LogP contribution in [0.5, 0.6) is 0 Å². The summed E-state index contributed by atoms with van der Waals surface area (Å²) in [5.74, 6) is 0.783. The zero-order valence-corrected chi connectivity index (χ0v) is 11.7. The van der Waals surface area contributed by atoms with Gasteiger partial charge in [0.15, 0.2) is 0 Å². The van der Waals surface area contributed by atoms with Gasteiger partial charge in [-0.3, -0.25) is 0 Å². The number of aliphatic hydroxyl groups excluding tert-OH is 2. The molecule has 2 atom stereocenters. The molecule has 2 saturated carbocycles. The van der Waals surface area contributed by atoms with Gasteiger partial charge in [-0.05, 0) is 44.4 Å². The molecule has 2 aliphatic carbocycles. The fourth-order valence-electron chi connectivity index (χ4n) is 3.51. The van der Waals surface area contributed by atoms with Gasteiger partial charge in [-0.1, -0.05) is 26.2 Å². The van der Waals surface area contributed by atoms with Gasteiger partial charge in [-0.2, -0.15) is 0 Å². The number of aliphatic hydroxyl groups is 2. The van der Waals surface area contributed by atoms with Crippen LogP contribution in [0.2, 0.25) is 0 Å². The molecule has 2 aliphatic rings. The van der Waals surface area contributed by atoms with E-state index < -0.39 is 0 Å². The Kier molecular flexibility index (Phi) is 5.05. The van der Waals surface area contributed by atoms with Gasteiger partial charge in [0.1, 0.15) is 0 Å². The van der Waals surface area contributed by atoms with Crippen molar-refractivity contribution in [3.05, 3.63) is 0 Å². The molecule has 0 aromatic rings. The summed E-state index contributed by atoms with van der Waals surface area (Å²) in [4.78, 5) is 0. The fraction of sp³-hybridized carbons (Fsp3) is 1.00. The molecule has 0 aromatic carbocycles. The van der Waals surface area contributed by atoms with Crippen molar-refractivity contribution in [3.8, 4) is 0 Å². The Labute approximate surface area is 111 Å². The molecule has 0 amide bonds. The number of rotatable bonds is 3. The van der Waals surface area contributed by atoms with Gasteiger partial charge >= 0.3 is 0 Å². The molecule has 2 rings (SSSR count). The minimum Gasteiger partial charge on any atom is -0.394 e. The molecular formula is C15H29NO2. The molecule has 2 unspecified atom stereocenters. The lowest BCUT2D eigenvalue weighted by Crippen LogP contribution is -2.57. The smallest absolute Gasteiger partial charge is 0.0693 e. The van der Waals surface area contributed by atoms with E-state index in [1.807, 2.05) is 0 Å². The van der Waals surface area contributed by atoms with Crippen LogP contribution in [0.25, 0.3) is 0 Å². The third-order valence-corrected chi connectivity index (χ3v) is 5.01. The second kappa shape index (κ2) is 6.36. The lowest BCUT2D eigenvalue weighted by atomic mass is 9.77. The Hall–Kier alpha value is -0.120. The standard InChI is InChI=1S/C15H29NO2/c1-12-7-9-15(11-17,10-8-12)16-13-5-3-2-4-6-14(13)18/h12-14,16-18H,2-11H2,1H3. The van der Waals surface area contributed by atoms with Crippen LogP contribution in [0, 0.1) is 5.92 Å². The van der Waals surface area contributed by atoms with Gasteiger partial charge in [0.2, 0.25) is 0 Å². The van der Waals surface area contributed by atoms with E-state index in [4.69, 9.17) is 0 Å². The van der Waals surface area contributed by atoms with Crippen LogP contribution in [0.4, 0.5) is 0 Å². The molecule has 0 saturated heterocycles.